The first-order chi connectivity index (χ1) is 16.4. The monoisotopic (exact) mass is 536 g/mol. The molecule has 0 unspecified atom stereocenters. The Morgan fingerprint density at radius 1 is 0.559 bits per heavy atom. The molecule has 3 aliphatic rings. The first kappa shape index (κ1) is 24.6. The van der Waals surface area contributed by atoms with Gasteiger partial charge in [-0.25, -0.2) is 19.2 Å². The van der Waals surface area contributed by atoms with Gasteiger partial charge in [0, 0.05) is 15.4 Å². The van der Waals surface area contributed by atoms with Crippen molar-refractivity contribution in [2.24, 2.45) is 0 Å². The minimum atomic E-state index is -0.667. The molecule has 0 atom stereocenters. The van der Waals surface area contributed by atoms with E-state index in [-0.39, 0.29) is 19.6 Å². The third-order valence-corrected chi connectivity index (χ3v) is 9.98. The summed E-state index contributed by atoms with van der Waals surface area (Å²) in [5.74, 6) is -2.61. The van der Waals surface area contributed by atoms with Crippen molar-refractivity contribution in [3.05, 3.63) is 64.2 Å². The number of methoxy groups -OCH3 is 4. The first-order valence-corrected chi connectivity index (χ1v) is 12.7. The number of hydrogen-bond donors (Lipinski definition) is 0. The molecule has 1 aromatic carbocycles. The molecule has 4 rings (SSSR count). The van der Waals surface area contributed by atoms with Crippen molar-refractivity contribution in [1.29, 1.82) is 0 Å². The zero-order valence-corrected chi connectivity index (χ0v) is 21.5. The molecule has 2 heterocycles. The highest BCUT2D eigenvalue weighted by molar-refractivity contribution is 8.29. The van der Waals surface area contributed by atoms with E-state index >= 15 is 0 Å². The molecule has 12 heteroatoms. The minimum Gasteiger partial charge on any atom is -0.465 e. The van der Waals surface area contributed by atoms with E-state index in [4.69, 9.17) is 18.9 Å². The molecule has 2 aliphatic heterocycles. The predicted octanol–water partition coefficient (Wildman–Crippen LogP) is 4.11. The van der Waals surface area contributed by atoms with E-state index in [1.54, 1.807) is 0 Å². The van der Waals surface area contributed by atoms with Crippen LogP contribution in [0.25, 0.3) is 10.5 Å². The summed E-state index contributed by atoms with van der Waals surface area (Å²) in [5.41, 5.74) is 2.44. The average molecular weight is 537 g/mol. The van der Waals surface area contributed by atoms with E-state index in [1.807, 2.05) is 24.3 Å². The Hall–Kier alpha value is -2.54. The summed E-state index contributed by atoms with van der Waals surface area (Å²) in [5, 5.41) is 0. The Morgan fingerprint density at radius 2 is 0.941 bits per heavy atom. The van der Waals surface area contributed by atoms with Crippen LogP contribution in [0.15, 0.2) is 53.0 Å². The van der Waals surface area contributed by atoms with Crippen LogP contribution in [-0.4, -0.2) is 52.3 Å². The Labute approximate surface area is 211 Å². The molecule has 0 aromatic heterocycles. The lowest BCUT2D eigenvalue weighted by molar-refractivity contribution is -0.138. The van der Waals surface area contributed by atoms with Gasteiger partial charge < -0.3 is 18.9 Å². The van der Waals surface area contributed by atoms with Crippen LogP contribution in [-0.2, 0) is 38.1 Å². The molecule has 0 saturated carbocycles. The molecule has 0 amide bonds. The number of allylic oxidation sites excluding steroid dienone is 1. The van der Waals surface area contributed by atoms with Gasteiger partial charge in [-0.15, -0.1) is 0 Å². The van der Waals surface area contributed by atoms with Crippen LogP contribution < -0.4 is 0 Å². The van der Waals surface area contributed by atoms with Crippen molar-refractivity contribution in [2.75, 3.05) is 28.4 Å². The second-order valence-electron chi connectivity index (χ2n) is 6.56. The van der Waals surface area contributed by atoms with E-state index in [1.165, 1.54) is 28.4 Å². The van der Waals surface area contributed by atoms with E-state index in [2.05, 4.69) is 0 Å². The van der Waals surface area contributed by atoms with Crippen molar-refractivity contribution >= 4 is 81.4 Å². The molecule has 0 spiro atoms. The van der Waals surface area contributed by atoms with Gasteiger partial charge >= 0.3 is 23.9 Å². The van der Waals surface area contributed by atoms with Crippen molar-refractivity contribution in [1.82, 2.24) is 0 Å². The lowest BCUT2D eigenvalue weighted by atomic mass is 10.1. The van der Waals surface area contributed by atoms with Crippen LogP contribution >= 0.6 is 47.0 Å². The van der Waals surface area contributed by atoms with Gasteiger partial charge in [-0.3, -0.25) is 0 Å². The van der Waals surface area contributed by atoms with Crippen LogP contribution in [0.4, 0.5) is 0 Å². The summed E-state index contributed by atoms with van der Waals surface area (Å²) in [4.78, 5) is 51.7. The molecule has 0 bridgehead atoms. The van der Waals surface area contributed by atoms with Gasteiger partial charge in [-0.2, -0.15) is 0 Å². The molecular weight excluding hydrogens is 521 g/mol. The second-order valence-corrected chi connectivity index (χ2v) is 10.9. The number of esters is 4. The first-order valence-electron chi connectivity index (χ1n) is 9.48. The zero-order chi connectivity index (χ0) is 24.6. The molecular formula is C22H16O8S4. The standard InChI is InChI=1S/C22H16O8S4/c1-27-18(23)14-15(19(24)28-2)32-13-11(9-7-5-6-8-10(9)12(13)31-14)22-33-16(20(25)29-3)17(34-22)21(26)30-4/h5-8H,1-4H3. The van der Waals surface area contributed by atoms with Crippen molar-refractivity contribution in [3.8, 4) is 0 Å². The summed E-state index contributed by atoms with van der Waals surface area (Å²) in [6.45, 7) is 0. The van der Waals surface area contributed by atoms with Gasteiger partial charge in [0.05, 0.1) is 32.7 Å². The Morgan fingerprint density at radius 3 is 1.38 bits per heavy atom. The van der Waals surface area contributed by atoms with Gasteiger partial charge in [0.1, 0.15) is 19.6 Å². The summed E-state index contributed by atoms with van der Waals surface area (Å²) in [6.07, 6.45) is 0. The third-order valence-electron chi connectivity index (χ3n) is 4.77. The number of hydrogen-bond acceptors (Lipinski definition) is 12. The number of thioether (sulfide) groups is 4. The number of rotatable bonds is 4. The minimum absolute atomic E-state index is 0.103. The molecule has 1 aliphatic carbocycles. The number of ether oxygens (including phenoxy) is 4. The summed E-state index contributed by atoms with van der Waals surface area (Å²) in [6, 6.07) is 7.54. The third kappa shape index (κ3) is 4.08. The molecule has 0 N–H and O–H groups in total. The molecule has 34 heavy (non-hydrogen) atoms. The summed E-state index contributed by atoms with van der Waals surface area (Å²) < 4.78 is 20.2. The van der Waals surface area contributed by atoms with E-state index in [0.717, 1.165) is 68.7 Å². The van der Waals surface area contributed by atoms with E-state index in [0.29, 0.717) is 9.14 Å². The van der Waals surface area contributed by atoms with Crippen LogP contribution in [0.5, 0.6) is 0 Å². The molecule has 8 nitrogen and oxygen atoms in total. The smallest absolute Gasteiger partial charge is 0.346 e. The van der Waals surface area contributed by atoms with E-state index in [9.17, 15) is 19.2 Å². The number of benzene rings is 1. The highest BCUT2D eigenvalue weighted by atomic mass is 32.2. The SMILES string of the molecule is COC(=O)C1=C(C(=O)OC)SC(=C2C3=C(SC(C(=O)OC)=C(C(=O)OC)S3)c3ccccc32)S1. The molecule has 0 radical (unpaired) electrons. The lowest BCUT2D eigenvalue weighted by Crippen LogP contribution is -2.13. The Balaban J connectivity index is 1.87. The van der Waals surface area contributed by atoms with Gasteiger partial charge in [0.15, 0.2) is 0 Å². The molecule has 1 aromatic rings. The fraction of sp³-hybridized carbons (Fsp3) is 0.182. The van der Waals surface area contributed by atoms with Gasteiger partial charge in [-0.05, 0) is 11.1 Å². The number of fused-ring (bicyclic) bond motifs is 2. The maximum Gasteiger partial charge on any atom is 0.346 e. The number of carbonyl (C=O) groups excluding carboxylic acids is 4. The highest BCUT2D eigenvalue weighted by Gasteiger charge is 2.42. The van der Waals surface area contributed by atoms with Crippen LogP contribution in [0.1, 0.15) is 11.1 Å². The van der Waals surface area contributed by atoms with Crippen LogP contribution in [0.2, 0.25) is 0 Å². The molecule has 0 saturated heterocycles. The zero-order valence-electron chi connectivity index (χ0n) is 18.2. The van der Waals surface area contributed by atoms with Crippen molar-refractivity contribution < 1.29 is 38.1 Å². The maximum absolute atomic E-state index is 12.5. The van der Waals surface area contributed by atoms with Crippen LogP contribution in [0.3, 0.4) is 0 Å². The Bertz CT molecular complexity index is 1240. The largest absolute Gasteiger partial charge is 0.465 e. The van der Waals surface area contributed by atoms with Crippen LogP contribution in [0, 0.1) is 0 Å². The Kier molecular flexibility index (Phi) is 7.22. The fourth-order valence-electron chi connectivity index (χ4n) is 3.26. The van der Waals surface area contributed by atoms with Crippen molar-refractivity contribution in [3.63, 3.8) is 0 Å². The lowest BCUT2D eigenvalue weighted by Gasteiger charge is -2.19. The normalized spacial score (nSPS) is 16.9. The second kappa shape index (κ2) is 9.98. The quantitative estimate of drug-likeness (QED) is 0.408. The fourth-order valence-corrected chi connectivity index (χ4v) is 8.59. The van der Waals surface area contributed by atoms with Crippen molar-refractivity contribution in [2.45, 2.75) is 0 Å². The van der Waals surface area contributed by atoms with E-state index < -0.39 is 23.9 Å². The van der Waals surface area contributed by atoms with Gasteiger partial charge in [-0.1, -0.05) is 71.3 Å². The predicted molar refractivity (Wildman–Crippen MR) is 133 cm³/mol. The summed E-state index contributed by atoms with van der Waals surface area (Å²) >= 11 is 4.43. The summed E-state index contributed by atoms with van der Waals surface area (Å²) in [7, 11) is 4.96. The number of carbonyl (C=O) groups is 4. The maximum atomic E-state index is 12.5. The van der Waals surface area contributed by atoms with Gasteiger partial charge in [0.25, 0.3) is 0 Å². The highest BCUT2D eigenvalue weighted by Crippen LogP contribution is 2.64. The molecule has 0 fully saturated rings. The molecule has 176 valence electrons. The average Bonchev–Trinajstić information content (AvgIpc) is 3.45. The topological polar surface area (TPSA) is 105 Å². The van der Waals surface area contributed by atoms with Gasteiger partial charge in [0.2, 0.25) is 0 Å².